The molecule has 148 valence electrons. The molecule has 0 bridgehead atoms. The fraction of sp³-hybridized carbons (Fsp3) is 0.316. The predicted molar refractivity (Wildman–Crippen MR) is 98.0 cm³/mol. The second kappa shape index (κ2) is 7.14. The SMILES string of the molecule is CC(C)c1[nH]c(=O)ccc1C(=O)NCc1nc2cc(C(F)(F)F)ccc2n1C. The number of alkyl halides is 3. The number of hydrogen-bond donors (Lipinski definition) is 2. The minimum atomic E-state index is -4.45. The first-order valence-electron chi connectivity index (χ1n) is 8.62. The van der Waals surface area contributed by atoms with Crippen LogP contribution in [-0.4, -0.2) is 20.4 Å². The summed E-state index contributed by atoms with van der Waals surface area (Å²) < 4.78 is 40.3. The normalized spacial score (nSPS) is 12.0. The Morgan fingerprint density at radius 1 is 1.25 bits per heavy atom. The van der Waals surface area contributed by atoms with Crippen LogP contribution in [0.15, 0.2) is 35.1 Å². The van der Waals surface area contributed by atoms with Crippen LogP contribution in [0.2, 0.25) is 0 Å². The summed E-state index contributed by atoms with van der Waals surface area (Å²) in [6.45, 7) is 3.74. The van der Waals surface area contributed by atoms with Crippen LogP contribution in [0.25, 0.3) is 11.0 Å². The lowest BCUT2D eigenvalue weighted by molar-refractivity contribution is -0.137. The molecule has 2 N–H and O–H groups in total. The van der Waals surface area contributed by atoms with Crippen LogP contribution >= 0.6 is 0 Å². The Balaban J connectivity index is 1.85. The van der Waals surface area contributed by atoms with Crippen LogP contribution in [0.1, 0.15) is 47.2 Å². The van der Waals surface area contributed by atoms with Gasteiger partial charge < -0.3 is 14.9 Å². The van der Waals surface area contributed by atoms with Crippen molar-refractivity contribution < 1.29 is 18.0 Å². The number of aromatic nitrogens is 3. The maximum absolute atomic E-state index is 12.9. The van der Waals surface area contributed by atoms with Gasteiger partial charge in [-0.15, -0.1) is 0 Å². The van der Waals surface area contributed by atoms with Crippen LogP contribution in [0.5, 0.6) is 0 Å². The molecule has 0 spiro atoms. The van der Waals surface area contributed by atoms with Gasteiger partial charge in [0.05, 0.1) is 28.7 Å². The van der Waals surface area contributed by atoms with Crippen molar-refractivity contribution in [2.75, 3.05) is 0 Å². The molecule has 2 aromatic heterocycles. The number of carbonyl (C=O) groups is 1. The molecule has 28 heavy (non-hydrogen) atoms. The summed E-state index contributed by atoms with van der Waals surface area (Å²) in [5.41, 5.74) is 0.523. The molecule has 0 saturated heterocycles. The van der Waals surface area contributed by atoms with Gasteiger partial charge >= 0.3 is 6.18 Å². The molecular formula is C19H19F3N4O2. The lowest BCUT2D eigenvalue weighted by Gasteiger charge is -2.12. The van der Waals surface area contributed by atoms with E-state index < -0.39 is 17.6 Å². The number of pyridine rings is 1. The van der Waals surface area contributed by atoms with Crippen molar-refractivity contribution in [3.05, 3.63) is 63.3 Å². The van der Waals surface area contributed by atoms with E-state index in [1.165, 1.54) is 18.2 Å². The number of amides is 1. The first kappa shape index (κ1) is 19.7. The molecule has 6 nitrogen and oxygen atoms in total. The van der Waals surface area contributed by atoms with Gasteiger partial charge in [-0.1, -0.05) is 13.8 Å². The molecule has 3 rings (SSSR count). The number of hydrogen-bond acceptors (Lipinski definition) is 3. The zero-order chi connectivity index (χ0) is 20.6. The van der Waals surface area contributed by atoms with Crippen molar-refractivity contribution in [2.24, 2.45) is 7.05 Å². The first-order valence-corrected chi connectivity index (χ1v) is 8.62. The Morgan fingerprint density at radius 2 is 1.96 bits per heavy atom. The highest BCUT2D eigenvalue weighted by atomic mass is 19.4. The minimum Gasteiger partial charge on any atom is -0.345 e. The number of carbonyl (C=O) groups excluding carboxylic acids is 1. The van der Waals surface area contributed by atoms with E-state index in [2.05, 4.69) is 15.3 Å². The van der Waals surface area contributed by atoms with E-state index in [1.54, 1.807) is 11.6 Å². The molecular weight excluding hydrogens is 373 g/mol. The Kier molecular flexibility index (Phi) is 5.01. The number of imidazole rings is 1. The quantitative estimate of drug-likeness (QED) is 0.715. The van der Waals surface area contributed by atoms with Gasteiger partial charge in [0.25, 0.3) is 5.91 Å². The fourth-order valence-corrected chi connectivity index (χ4v) is 2.98. The van der Waals surface area contributed by atoms with Gasteiger partial charge in [0.15, 0.2) is 0 Å². The number of aromatic amines is 1. The number of fused-ring (bicyclic) bond motifs is 1. The maximum atomic E-state index is 12.9. The van der Waals surface area contributed by atoms with Crippen molar-refractivity contribution in [3.63, 3.8) is 0 Å². The summed E-state index contributed by atoms with van der Waals surface area (Å²) in [5.74, 6) is -0.0487. The van der Waals surface area contributed by atoms with Gasteiger partial charge in [0.2, 0.25) is 5.56 Å². The summed E-state index contributed by atoms with van der Waals surface area (Å²) >= 11 is 0. The molecule has 0 fully saturated rings. The molecule has 2 heterocycles. The van der Waals surface area contributed by atoms with Crippen LogP contribution in [-0.2, 0) is 19.8 Å². The van der Waals surface area contributed by atoms with Crippen LogP contribution < -0.4 is 10.9 Å². The third-order valence-corrected chi connectivity index (χ3v) is 4.48. The van der Waals surface area contributed by atoms with E-state index in [1.807, 2.05) is 13.8 Å². The molecule has 0 saturated carbocycles. The smallest absolute Gasteiger partial charge is 0.345 e. The monoisotopic (exact) mass is 392 g/mol. The molecule has 9 heteroatoms. The number of benzene rings is 1. The average Bonchev–Trinajstić information content (AvgIpc) is 2.94. The molecule has 3 aromatic rings. The van der Waals surface area contributed by atoms with Crippen LogP contribution in [0.4, 0.5) is 13.2 Å². The summed E-state index contributed by atoms with van der Waals surface area (Å²) in [4.78, 5) is 30.9. The Morgan fingerprint density at radius 3 is 2.61 bits per heavy atom. The van der Waals surface area contributed by atoms with Crippen molar-refractivity contribution in [2.45, 2.75) is 32.5 Å². The Hall–Kier alpha value is -3.10. The molecule has 0 aliphatic rings. The van der Waals surface area contributed by atoms with E-state index in [9.17, 15) is 22.8 Å². The van der Waals surface area contributed by atoms with Gasteiger partial charge in [-0.3, -0.25) is 9.59 Å². The van der Waals surface area contributed by atoms with Crippen molar-refractivity contribution in [1.29, 1.82) is 0 Å². The van der Waals surface area contributed by atoms with E-state index in [-0.39, 0.29) is 23.5 Å². The lowest BCUT2D eigenvalue weighted by atomic mass is 10.0. The average molecular weight is 392 g/mol. The lowest BCUT2D eigenvalue weighted by Crippen LogP contribution is -2.27. The standard InChI is InChI=1S/C19H19F3N4O2/c1-10(2)17-12(5-7-16(27)25-17)18(28)23-9-15-24-13-8-11(19(20,21)22)4-6-14(13)26(15)3/h4-8,10H,9H2,1-3H3,(H,23,28)(H,25,27). The number of halogens is 3. The van der Waals surface area contributed by atoms with Gasteiger partial charge in [-0.2, -0.15) is 13.2 Å². The molecule has 0 aliphatic heterocycles. The Labute approximate surface area is 158 Å². The third kappa shape index (κ3) is 3.78. The van der Waals surface area contributed by atoms with Crippen LogP contribution in [0, 0.1) is 0 Å². The molecule has 1 amide bonds. The molecule has 0 unspecified atom stereocenters. The summed E-state index contributed by atoms with van der Waals surface area (Å²) in [6, 6.07) is 6.07. The van der Waals surface area contributed by atoms with Gasteiger partial charge in [-0.25, -0.2) is 4.98 Å². The highest BCUT2D eigenvalue weighted by Crippen LogP contribution is 2.31. The highest BCUT2D eigenvalue weighted by Gasteiger charge is 2.31. The van der Waals surface area contributed by atoms with E-state index in [4.69, 9.17) is 0 Å². The predicted octanol–water partition coefficient (Wildman–Crippen LogP) is 3.33. The van der Waals surface area contributed by atoms with E-state index in [0.29, 0.717) is 22.6 Å². The zero-order valence-corrected chi connectivity index (χ0v) is 15.5. The maximum Gasteiger partial charge on any atom is 0.416 e. The number of nitrogens with one attached hydrogen (secondary N) is 2. The van der Waals surface area contributed by atoms with Crippen LogP contribution in [0.3, 0.4) is 0 Å². The summed E-state index contributed by atoms with van der Waals surface area (Å²) in [5, 5.41) is 2.71. The second-order valence-electron chi connectivity index (χ2n) is 6.78. The molecule has 0 atom stereocenters. The number of H-pyrrole nitrogens is 1. The fourth-order valence-electron chi connectivity index (χ4n) is 2.98. The number of aryl methyl sites for hydroxylation is 1. The summed E-state index contributed by atoms with van der Waals surface area (Å²) in [6.07, 6.45) is -4.45. The molecule has 0 aliphatic carbocycles. The zero-order valence-electron chi connectivity index (χ0n) is 15.5. The molecule has 1 aromatic carbocycles. The third-order valence-electron chi connectivity index (χ3n) is 4.48. The van der Waals surface area contributed by atoms with E-state index in [0.717, 1.165) is 12.1 Å². The van der Waals surface area contributed by atoms with Crippen molar-refractivity contribution in [1.82, 2.24) is 19.9 Å². The van der Waals surface area contributed by atoms with Gasteiger partial charge in [-0.05, 0) is 30.2 Å². The highest BCUT2D eigenvalue weighted by molar-refractivity contribution is 5.95. The van der Waals surface area contributed by atoms with Gasteiger partial charge in [0, 0.05) is 18.8 Å². The Bertz CT molecular complexity index is 1100. The minimum absolute atomic E-state index is 0.0298. The second-order valence-corrected chi connectivity index (χ2v) is 6.78. The molecule has 0 radical (unpaired) electrons. The summed E-state index contributed by atoms with van der Waals surface area (Å²) in [7, 11) is 1.67. The van der Waals surface area contributed by atoms with Crippen molar-refractivity contribution in [3.8, 4) is 0 Å². The van der Waals surface area contributed by atoms with E-state index >= 15 is 0 Å². The number of nitrogens with zero attached hydrogens (tertiary/aromatic N) is 2. The van der Waals surface area contributed by atoms with Crippen molar-refractivity contribution >= 4 is 16.9 Å². The largest absolute Gasteiger partial charge is 0.416 e. The topological polar surface area (TPSA) is 79.8 Å². The van der Waals surface area contributed by atoms with Gasteiger partial charge in [0.1, 0.15) is 5.82 Å². The number of rotatable bonds is 4. The first-order chi connectivity index (χ1) is 13.1.